The predicted molar refractivity (Wildman–Crippen MR) is 141 cm³/mol. The zero-order valence-electron chi connectivity index (χ0n) is 18.5. The highest BCUT2D eigenvalue weighted by molar-refractivity contribution is 9.10. The van der Waals surface area contributed by atoms with Crippen LogP contribution in [0.15, 0.2) is 51.5 Å². The second-order valence-electron chi connectivity index (χ2n) is 8.16. The van der Waals surface area contributed by atoms with Crippen LogP contribution in [0, 0.1) is 5.92 Å². The summed E-state index contributed by atoms with van der Waals surface area (Å²) in [5.74, 6) is 3.07. The van der Waals surface area contributed by atoms with Crippen molar-refractivity contribution in [3.63, 3.8) is 0 Å². The lowest BCUT2D eigenvalue weighted by atomic mass is 9.96. The molecule has 1 fully saturated rings. The molecule has 1 aromatic heterocycles. The number of thioether (sulfide) groups is 1. The highest BCUT2D eigenvalue weighted by Gasteiger charge is 2.25. The van der Waals surface area contributed by atoms with Gasteiger partial charge in [0.1, 0.15) is 0 Å². The Kier molecular flexibility index (Phi) is 9.31. The minimum atomic E-state index is 0.0531. The maximum absolute atomic E-state index is 12.5. The van der Waals surface area contributed by atoms with Crippen LogP contribution in [0.25, 0.3) is 11.4 Å². The van der Waals surface area contributed by atoms with E-state index in [1.807, 2.05) is 42.5 Å². The Bertz CT molecular complexity index is 1100. The van der Waals surface area contributed by atoms with Crippen molar-refractivity contribution in [2.24, 2.45) is 5.92 Å². The van der Waals surface area contributed by atoms with Crippen molar-refractivity contribution in [3.8, 4) is 11.4 Å². The van der Waals surface area contributed by atoms with Crippen molar-refractivity contribution in [2.45, 2.75) is 25.1 Å². The highest BCUT2D eigenvalue weighted by atomic mass is 79.9. The number of amides is 1. The largest absolute Gasteiger partial charge is 0.355 e. The Morgan fingerprint density at radius 3 is 2.65 bits per heavy atom. The second-order valence-corrected chi connectivity index (χ2v) is 11.0. The van der Waals surface area contributed by atoms with Gasteiger partial charge in [0.15, 0.2) is 0 Å². The molecule has 3 aromatic rings. The molecular formula is C24H25BrCl2N4O2S. The average molecular weight is 584 g/mol. The summed E-state index contributed by atoms with van der Waals surface area (Å²) in [5.41, 5.74) is 2.05. The molecule has 0 bridgehead atoms. The number of likely N-dealkylation sites (tertiary alicyclic amines) is 1. The van der Waals surface area contributed by atoms with Crippen LogP contribution in [0.3, 0.4) is 0 Å². The molecule has 10 heteroatoms. The molecule has 1 amide bonds. The molecule has 2 heterocycles. The summed E-state index contributed by atoms with van der Waals surface area (Å²) in [4.78, 5) is 19.3. The molecule has 1 N–H and O–H groups in total. The SMILES string of the molecule is O=C(NCCSCc1ccc(Cl)c(Cl)c1)C1CCN(Cc2nc(-c3ccc(Br)cc3)no2)CC1. The number of nitrogens with one attached hydrogen (secondary N) is 1. The number of benzene rings is 2. The first-order valence-electron chi connectivity index (χ1n) is 11.1. The van der Waals surface area contributed by atoms with E-state index >= 15 is 0 Å². The number of hydrogen-bond acceptors (Lipinski definition) is 6. The summed E-state index contributed by atoms with van der Waals surface area (Å²) in [6.07, 6.45) is 1.66. The van der Waals surface area contributed by atoms with Crippen molar-refractivity contribution in [2.75, 3.05) is 25.4 Å². The molecule has 1 aliphatic heterocycles. The third kappa shape index (κ3) is 7.21. The van der Waals surface area contributed by atoms with Crippen LogP contribution in [-0.2, 0) is 17.1 Å². The molecule has 1 aliphatic rings. The van der Waals surface area contributed by atoms with Crippen LogP contribution in [0.1, 0.15) is 24.3 Å². The van der Waals surface area contributed by atoms with Crippen LogP contribution in [0.4, 0.5) is 0 Å². The molecule has 2 aromatic carbocycles. The minimum absolute atomic E-state index is 0.0531. The Balaban J connectivity index is 1.13. The first kappa shape index (κ1) is 25.5. The number of carbonyl (C=O) groups is 1. The third-order valence-electron chi connectivity index (χ3n) is 5.69. The molecule has 0 aliphatic carbocycles. The first-order chi connectivity index (χ1) is 16.5. The summed E-state index contributed by atoms with van der Waals surface area (Å²) in [5, 5.41) is 8.31. The third-order valence-corrected chi connectivity index (χ3v) is 7.98. The number of nitrogens with zero attached hydrogens (tertiary/aromatic N) is 3. The molecule has 0 spiro atoms. The van der Waals surface area contributed by atoms with E-state index in [1.54, 1.807) is 11.8 Å². The molecule has 0 unspecified atom stereocenters. The van der Waals surface area contributed by atoms with Crippen LogP contribution in [-0.4, -0.2) is 46.3 Å². The maximum atomic E-state index is 12.5. The molecule has 1 saturated heterocycles. The quantitative estimate of drug-likeness (QED) is 0.308. The highest BCUT2D eigenvalue weighted by Crippen LogP contribution is 2.25. The molecule has 34 heavy (non-hydrogen) atoms. The molecular weight excluding hydrogens is 559 g/mol. The normalized spacial score (nSPS) is 14.9. The van der Waals surface area contributed by atoms with E-state index in [9.17, 15) is 4.79 Å². The minimum Gasteiger partial charge on any atom is -0.355 e. The summed E-state index contributed by atoms with van der Waals surface area (Å²) in [6, 6.07) is 13.5. The van der Waals surface area contributed by atoms with Gasteiger partial charge in [-0.25, -0.2) is 0 Å². The number of rotatable bonds is 9. The lowest BCUT2D eigenvalue weighted by Crippen LogP contribution is -2.40. The van der Waals surface area contributed by atoms with Gasteiger partial charge in [0, 0.05) is 34.0 Å². The van der Waals surface area contributed by atoms with E-state index in [0.29, 0.717) is 34.8 Å². The van der Waals surface area contributed by atoms with Crippen LogP contribution in [0.5, 0.6) is 0 Å². The summed E-state index contributed by atoms with van der Waals surface area (Å²) >= 11 is 17.2. The van der Waals surface area contributed by atoms with Gasteiger partial charge in [-0.2, -0.15) is 16.7 Å². The van der Waals surface area contributed by atoms with E-state index < -0.39 is 0 Å². The van der Waals surface area contributed by atoms with Gasteiger partial charge in [0.25, 0.3) is 0 Å². The van der Waals surface area contributed by atoms with E-state index in [0.717, 1.165) is 53.0 Å². The van der Waals surface area contributed by atoms with Crippen LogP contribution in [0.2, 0.25) is 10.0 Å². The lowest BCUT2D eigenvalue weighted by molar-refractivity contribution is -0.126. The Morgan fingerprint density at radius 1 is 1.15 bits per heavy atom. The lowest BCUT2D eigenvalue weighted by Gasteiger charge is -2.30. The van der Waals surface area contributed by atoms with Gasteiger partial charge >= 0.3 is 0 Å². The van der Waals surface area contributed by atoms with Gasteiger partial charge in [-0.05, 0) is 67.9 Å². The van der Waals surface area contributed by atoms with Crippen molar-refractivity contribution < 1.29 is 9.32 Å². The predicted octanol–water partition coefficient (Wildman–Crippen LogP) is 6.07. The Hall–Kier alpha value is -1.58. The van der Waals surface area contributed by atoms with Gasteiger partial charge in [0.2, 0.25) is 17.6 Å². The zero-order chi connectivity index (χ0) is 23.9. The van der Waals surface area contributed by atoms with E-state index in [-0.39, 0.29) is 11.8 Å². The van der Waals surface area contributed by atoms with Crippen molar-refractivity contribution in [3.05, 3.63) is 68.4 Å². The molecule has 0 atom stereocenters. The smallest absolute Gasteiger partial charge is 0.241 e. The fourth-order valence-electron chi connectivity index (χ4n) is 3.79. The first-order valence-corrected chi connectivity index (χ1v) is 13.8. The van der Waals surface area contributed by atoms with E-state index in [4.69, 9.17) is 27.7 Å². The standard InChI is InChI=1S/C24H25BrCl2N4O2S/c25-19-4-2-17(3-5-19)23-29-22(33-30-23)14-31-10-7-18(8-11-31)24(32)28-9-12-34-15-16-1-6-20(26)21(27)13-16/h1-6,13,18H,7-12,14-15H2,(H,28,32). The van der Waals surface area contributed by atoms with E-state index in [2.05, 4.69) is 36.3 Å². The number of hydrogen-bond donors (Lipinski definition) is 1. The van der Waals surface area contributed by atoms with E-state index in [1.165, 1.54) is 0 Å². The molecule has 4 rings (SSSR count). The molecule has 180 valence electrons. The van der Waals surface area contributed by atoms with Crippen molar-refractivity contribution in [1.29, 1.82) is 0 Å². The van der Waals surface area contributed by atoms with Crippen molar-refractivity contribution in [1.82, 2.24) is 20.4 Å². The topological polar surface area (TPSA) is 71.3 Å². The number of carbonyl (C=O) groups excluding carboxylic acids is 1. The van der Waals surface area contributed by atoms with Gasteiger partial charge in [-0.1, -0.05) is 50.4 Å². The fourth-order valence-corrected chi connectivity index (χ4v) is 5.18. The van der Waals surface area contributed by atoms with Gasteiger partial charge in [-0.3, -0.25) is 9.69 Å². The second kappa shape index (κ2) is 12.4. The van der Waals surface area contributed by atoms with Crippen LogP contribution >= 0.6 is 50.9 Å². The fraction of sp³-hybridized carbons (Fsp3) is 0.375. The Labute approximate surface area is 221 Å². The zero-order valence-corrected chi connectivity index (χ0v) is 22.4. The number of aromatic nitrogens is 2. The van der Waals surface area contributed by atoms with Gasteiger partial charge in [0.05, 0.1) is 16.6 Å². The summed E-state index contributed by atoms with van der Waals surface area (Å²) in [6.45, 7) is 2.93. The molecule has 0 saturated carbocycles. The number of piperidine rings is 1. The number of halogens is 3. The van der Waals surface area contributed by atoms with Crippen LogP contribution < -0.4 is 5.32 Å². The van der Waals surface area contributed by atoms with Gasteiger partial charge in [-0.15, -0.1) is 0 Å². The average Bonchev–Trinajstić information content (AvgIpc) is 3.30. The summed E-state index contributed by atoms with van der Waals surface area (Å²) in [7, 11) is 0. The Morgan fingerprint density at radius 2 is 1.91 bits per heavy atom. The van der Waals surface area contributed by atoms with Gasteiger partial charge < -0.3 is 9.84 Å². The molecule has 0 radical (unpaired) electrons. The summed E-state index contributed by atoms with van der Waals surface area (Å²) < 4.78 is 6.44. The molecule has 6 nitrogen and oxygen atoms in total. The maximum Gasteiger partial charge on any atom is 0.241 e. The van der Waals surface area contributed by atoms with Crippen molar-refractivity contribution >= 4 is 56.8 Å². The monoisotopic (exact) mass is 582 g/mol.